The van der Waals surface area contributed by atoms with Gasteiger partial charge in [0.05, 0.1) is 17.2 Å². The van der Waals surface area contributed by atoms with Crippen LogP contribution in [0.3, 0.4) is 0 Å². The quantitative estimate of drug-likeness (QED) is 0.228. The Labute approximate surface area is 228 Å². The van der Waals surface area contributed by atoms with Crippen molar-refractivity contribution in [3.8, 4) is 28.5 Å². The van der Waals surface area contributed by atoms with Crippen LogP contribution in [0.5, 0.6) is 0 Å². The van der Waals surface area contributed by atoms with Gasteiger partial charge >= 0.3 is 0 Å². The first-order chi connectivity index (χ1) is 19.1. The molecule has 0 saturated heterocycles. The maximum absolute atomic E-state index is 10.2. The van der Waals surface area contributed by atoms with Crippen molar-refractivity contribution < 1.29 is 8.98 Å². The number of aryl methyl sites for hydroxylation is 3. The lowest BCUT2D eigenvalue weighted by Gasteiger charge is -2.25. The van der Waals surface area contributed by atoms with E-state index in [1.165, 1.54) is 16.7 Å². The molecule has 2 aromatic heterocycles. The summed E-state index contributed by atoms with van der Waals surface area (Å²) >= 11 is 0. The van der Waals surface area contributed by atoms with Crippen molar-refractivity contribution in [2.45, 2.75) is 32.1 Å². The lowest BCUT2D eigenvalue weighted by Crippen LogP contribution is -2.30. The second kappa shape index (κ2) is 9.26. The van der Waals surface area contributed by atoms with Gasteiger partial charge in [0, 0.05) is 28.5 Å². The normalized spacial score (nSPS) is 14.8. The fourth-order valence-electron chi connectivity index (χ4n) is 6.41. The zero-order valence-electron chi connectivity index (χ0n) is 22.2. The molecule has 39 heavy (non-hydrogen) atoms. The largest absolute Gasteiger partial charge is 0.454 e. The number of hydrogen-bond donors (Lipinski definition) is 0. The van der Waals surface area contributed by atoms with Crippen LogP contribution in [-0.4, -0.2) is 0 Å². The predicted octanol–water partition coefficient (Wildman–Crippen LogP) is 8.20. The summed E-state index contributed by atoms with van der Waals surface area (Å²) in [6, 6.07) is 34.5. The number of benzene rings is 4. The fourth-order valence-corrected chi connectivity index (χ4v) is 6.41. The summed E-state index contributed by atoms with van der Waals surface area (Å²) in [7, 11) is 2.06. The zero-order chi connectivity index (χ0) is 26.5. The van der Waals surface area contributed by atoms with Crippen LogP contribution in [0.25, 0.3) is 44.3 Å². The number of aromatic nitrogens is 1. The smallest absolute Gasteiger partial charge is 0.216 e. The second-order valence-corrected chi connectivity index (χ2v) is 10.7. The van der Waals surface area contributed by atoms with Crippen LogP contribution in [0.4, 0.5) is 0 Å². The van der Waals surface area contributed by atoms with E-state index in [2.05, 4.69) is 104 Å². The van der Waals surface area contributed by atoms with Crippen LogP contribution in [0.15, 0.2) is 102 Å². The Kier molecular flexibility index (Phi) is 5.56. The van der Waals surface area contributed by atoms with Gasteiger partial charge in [-0.2, -0.15) is 5.26 Å². The average Bonchev–Trinajstić information content (AvgIpc) is 3.35. The molecule has 1 aliphatic rings. The van der Waals surface area contributed by atoms with Crippen molar-refractivity contribution in [1.82, 2.24) is 0 Å². The minimum Gasteiger partial charge on any atom is -0.454 e. The summed E-state index contributed by atoms with van der Waals surface area (Å²) in [6.45, 7) is 2.13. The van der Waals surface area contributed by atoms with Crippen LogP contribution >= 0.6 is 0 Å². The van der Waals surface area contributed by atoms with Gasteiger partial charge in [-0.05, 0) is 78.1 Å². The van der Waals surface area contributed by atoms with E-state index in [9.17, 15) is 5.26 Å². The van der Waals surface area contributed by atoms with Crippen molar-refractivity contribution in [1.29, 1.82) is 5.26 Å². The van der Waals surface area contributed by atoms with E-state index in [1.807, 2.05) is 18.2 Å². The van der Waals surface area contributed by atoms with E-state index in [4.69, 9.17) is 4.42 Å². The Morgan fingerprint density at radius 3 is 2.41 bits per heavy atom. The molecule has 1 aliphatic carbocycles. The molecule has 4 aromatic carbocycles. The van der Waals surface area contributed by atoms with Crippen molar-refractivity contribution in [3.05, 3.63) is 125 Å². The summed E-state index contributed by atoms with van der Waals surface area (Å²) < 4.78 is 8.90. The topological polar surface area (TPSA) is 40.8 Å². The van der Waals surface area contributed by atoms with Gasteiger partial charge in [-0.25, -0.2) is 4.57 Å². The Morgan fingerprint density at radius 1 is 0.821 bits per heavy atom. The molecule has 0 radical (unpaired) electrons. The molecular formula is C36H29N2O+. The van der Waals surface area contributed by atoms with E-state index < -0.39 is 0 Å². The molecule has 188 valence electrons. The Bertz CT molecular complexity index is 1940. The van der Waals surface area contributed by atoms with E-state index in [1.54, 1.807) is 0 Å². The third kappa shape index (κ3) is 3.83. The SMILES string of the molecule is Cc1ccc2c(oc3c(-c4cccc(C5CCc6ccccc6C5)c4)c(C#N)ccc32)c1-c1cccc[n+]1C. The number of nitrogens with zero attached hydrogens (tertiary/aromatic N) is 2. The average molecular weight is 506 g/mol. The highest BCUT2D eigenvalue weighted by molar-refractivity contribution is 6.14. The van der Waals surface area contributed by atoms with Gasteiger partial charge in [0.2, 0.25) is 5.69 Å². The third-order valence-electron chi connectivity index (χ3n) is 8.44. The van der Waals surface area contributed by atoms with Crippen LogP contribution in [-0.2, 0) is 19.9 Å². The first kappa shape index (κ1) is 23.4. The molecule has 6 aromatic rings. The third-order valence-corrected chi connectivity index (χ3v) is 8.44. The Morgan fingerprint density at radius 2 is 1.59 bits per heavy atom. The van der Waals surface area contributed by atoms with Gasteiger partial charge in [-0.3, -0.25) is 0 Å². The van der Waals surface area contributed by atoms with Crippen molar-refractivity contribution in [3.63, 3.8) is 0 Å². The van der Waals surface area contributed by atoms with Crippen LogP contribution in [0, 0.1) is 18.3 Å². The van der Waals surface area contributed by atoms with Gasteiger partial charge in [0.1, 0.15) is 18.2 Å². The highest BCUT2D eigenvalue weighted by atomic mass is 16.3. The van der Waals surface area contributed by atoms with Crippen molar-refractivity contribution in [2.24, 2.45) is 7.05 Å². The first-order valence-corrected chi connectivity index (χ1v) is 13.6. The molecule has 7 rings (SSSR count). The molecule has 1 atom stereocenters. The van der Waals surface area contributed by atoms with Crippen molar-refractivity contribution in [2.75, 3.05) is 0 Å². The summed E-state index contributed by atoms with van der Waals surface area (Å²) in [5.41, 5.74) is 11.8. The Hall–Kier alpha value is -4.68. The van der Waals surface area contributed by atoms with Gasteiger partial charge in [-0.1, -0.05) is 60.7 Å². The molecule has 1 unspecified atom stereocenters. The number of rotatable bonds is 3. The lowest BCUT2D eigenvalue weighted by molar-refractivity contribution is -0.660. The van der Waals surface area contributed by atoms with Gasteiger partial charge in [0.25, 0.3) is 0 Å². The molecule has 3 heteroatoms. The van der Waals surface area contributed by atoms with Gasteiger partial charge < -0.3 is 4.42 Å². The molecule has 0 N–H and O–H groups in total. The molecule has 2 heterocycles. The number of hydrogen-bond acceptors (Lipinski definition) is 2. The number of pyridine rings is 1. The summed E-state index contributed by atoms with van der Waals surface area (Å²) in [4.78, 5) is 0. The van der Waals surface area contributed by atoms with Crippen LogP contribution < -0.4 is 4.57 Å². The van der Waals surface area contributed by atoms with Crippen molar-refractivity contribution >= 4 is 21.9 Å². The highest BCUT2D eigenvalue weighted by Gasteiger charge is 2.24. The molecule has 0 spiro atoms. The zero-order valence-corrected chi connectivity index (χ0v) is 22.2. The molecule has 0 fully saturated rings. The predicted molar refractivity (Wildman–Crippen MR) is 156 cm³/mol. The van der Waals surface area contributed by atoms with Crippen LogP contribution in [0.2, 0.25) is 0 Å². The number of furan rings is 1. The van der Waals surface area contributed by atoms with E-state index in [0.717, 1.165) is 69.1 Å². The Balaban J connectivity index is 1.42. The summed E-state index contributed by atoms with van der Waals surface area (Å²) in [5.74, 6) is 0.465. The minimum atomic E-state index is 0.465. The second-order valence-electron chi connectivity index (χ2n) is 10.7. The lowest BCUT2D eigenvalue weighted by atomic mass is 9.79. The maximum atomic E-state index is 10.2. The molecular weight excluding hydrogens is 476 g/mol. The maximum Gasteiger partial charge on any atom is 0.216 e. The minimum absolute atomic E-state index is 0.465. The molecule has 0 saturated carbocycles. The molecule has 0 aliphatic heterocycles. The van der Waals surface area contributed by atoms with Crippen LogP contribution in [0.1, 0.15) is 40.2 Å². The van der Waals surface area contributed by atoms with E-state index in [0.29, 0.717) is 11.5 Å². The van der Waals surface area contributed by atoms with E-state index in [-0.39, 0.29) is 0 Å². The molecule has 3 nitrogen and oxygen atoms in total. The molecule has 0 amide bonds. The standard InChI is InChI=1S/C36H29N2O/c1-23-13-17-30-31-18-16-29(22-37)34(36(31)39-35(30)33(23)32-12-5-6-19-38(32)2)28-11-7-10-26(21-28)27-15-14-24-8-3-4-9-25(24)20-27/h3-13,16-19,21,27H,14-15,20H2,1-2H3/q+1. The molecule has 0 bridgehead atoms. The van der Waals surface area contributed by atoms with Gasteiger partial charge in [0.15, 0.2) is 6.20 Å². The monoisotopic (exact) mass is 505 g/mol. The highest BCUT2D eigenvalue weighted by Crippen LogP contribution is 2.43. The summed E-state index contributed by atoms with van der Waals surface area (Å²) in [6.07, 6.45) is 5.35. The number of fused-ring (bicyclic) bond motifs is 4. The van der Waals surface area contributed by atoms with E-state index >= 15 is 0 Å². The summed E-state index contributed by atoms with van der Waals surface area (Å²) in [5, 5.41) is 12.3. The van der Waals surface area contributed by atoms with Gasteiger partial charge in [-0.15, -0.1) is 0 Å². The number of nitriles is 1. The first-order valence-electron chi connectivity index (χ1n) is 13.6. The fraction of sp³-hybridized carbons (Fsp3) is 0.167.